The van der Waals surface area contributed by atoms with Crippen LogP contribution in [0.5, 0.6) is 5.75 Å². The second-order valence-electron chi connectivity index (χ2n) is 7.36. The van der Waals surface area contributed by atoms with E-state index in [0.717, 1.165) is 17.5 Å². The molecule has 3 aromatic rings. The molecule has 0 saturated carbocycles. The average Bonchev–Trinajstić information content (AvgIpc) is 3.23. The number of benzene rings is 2. The van der Waals surface area contributed by atoms with Crippen molar-refractivity contribution >= 4 is 29.3 Å². The quantitative estimate of drug-likeness (QED) is 0.556. The lowest BCUT2D eigenvalue weighted by Crippen LogP contribution is -2.24. The van der Waals surface area contributed by atoms with Crippen molar-refractivity contribution in [2.24, 2.45) is 0 Å². The normalized spacial score (nSPS) is 13.5. The number of anilines is 2. The van der Waals surface area contributed by atoms with Crippen molar-refractivity contribution in [3.05, 3.63) is 90.0 Å². The number of hydrogen-bond donors (Lipinski definition) is 1. The summed E-state index contributed by atoms with van der Waals surface area (Å²) < 4.78 is 20.1. The molecule has 1 N–H and O–H groups in total. The van der Waals surface area contributed by atoms with Crippen LogP contribution in [0.2, 0.25) is 0 Å². The van der Waals surface area contributed by atoms with Crippen LogP contribution in [0.25, 0.3) is 6.08 Å². The molecular formula is C25H22FN3O3. The smallest absolute Gasteiger partial charge is 0.248 e. The highest BCUT2D eigenvalue weighted by Gasteiger charge is 2.24. The van der Waals surface area contributed by atoms with E-state index in [2.05, 4.69) is 10.3 Å². The number of halogens is 1. The van der Waals surface area contributed by atoms with E-state index in [9.17, 15) is 14.0 Å². The average molecular weight is 431 g/mol. The van der Waals surface area contributed by atoms with Crippen molar-refractivity contribution in [1.82, 2.24) is 4.98 Å². The lowest BCUT2D eigenvalue weighted by Gasteiger charge is -2.17. The molecule has 1 saturated heterocycles. The third-order valence-corrected chi connectivity index (χ3v) is 5.01. The molecule has 6 nitrogen and oxygen atoms in total. The summed E-state index contributed by atoms with van der Waals surface area (Å²) >= 11 is 0. The monoisotopic (exact) mass is 431 g/mol. The van der Waals surface area contributed by atoms with Gasteiger partial charge in [0, 0.05) is 42.7 Å². The van der Waals surface area contributed by atoms with Crippen molar-refractivity contribution in [2.45, 2.75) is 19.4 Å². The summed E-state index contributed by atoms with van der Waals surface area (Å²) in [5.74, 6) is -0.296. The summed E-state index contributed by atoms with van der Waals surface area (Å²) in [5, 5.41) is 2.63. The Morgan fingerprint density at radius 3 is 2.72 bits per heavy atom. The van der Waals surface area contributed by atoms with Crippen molar-refractivity contribution in [2.75, 3.05) is 16.8 Å². The van der Waals surface area contributed by atoms with E-state index < -0.39 is 5.82 Å². The molecule has 2 aromatic carbocycles. The summed E-state index contributed by atoms with van der Waals surface area (Å²) in [4.78, 5) is 29.5. The summed E-state index contributed by atoms with van der Waals surface area (Å²) in [6, 6.07) is 15.4. The number of pyridine rings is 1. The van der Waals surface area contributed by atoms with E-state index >= 15 is 0 Å². The molecule has 0 unspecified atom stereocenters. The molecule has 1 aliphatic heterocycles. The number of rotatable bonds is 7. The molecule has 0 atom stereocenters. The Hall–Kier alpha value is -4.00. The molecule has 4 rings (SSSR count). The van der Waals surface area contributed by atoms with Gasteiger partial charge in [0.15, 0.2) is 0 Å². The molecule has 1 aliphatic rings. The minimum absolute atomic E-state index is 0.0860. The number of carbonyl (C=O) groups excluding carboxylic acids is 2. The topological polar surface area (TPSA) is 71.5 Å². The third-order valence-electron chi connectivity index (χ3n) is 5.01. The van der Waals surface area contributed by atoms with Gasteiger partial charge in [0.05, 0.1) is 5.69 Å². The van der Waals surface area contributed by atoms with E-state index in [0.29, 0.717) is 31.0 Å². The first-order valence-electron chi connectivity index (χ1n) is 10.3. The van der Waals surface area contributed by atoms with Gasteiger partial charge in [0.25, 0.3) is 0 Å². The van der Waals surface area contributed by atoms with Crippen LogP contribution in [0.4, 0.5) is 15.8 Å². The van der Waals surface area contributed by atoms with Gasteiger partial charge in [0.2, 0.25) is 11.8 Å². The number of hydrogen-bond acceptors (Lipinski definition) is 4. The summed E-state index contributed by atoms with van der Waals surface area (Å²) in [6.07, 6.45) is 7.65. The van der Waals surface area contributed by atoms with Gasteiger partial charge in [-0.25, -0.2) is 4.39 Å². The highest BCUT2D eigenvalue weighted by Crippen LogP contribution is 2.26. The Morgan fingerprint density at radius 1 is 1.19 bits per heavy atom. The largest absolute Gasteiger partial charge is 0.489 e. The van der Waals surface area contributed by atoms with E-state index in [4.69, 9.17) is 4.74 Å². The van der Waals surface area contributed by atoms with E-state index in [-0.39, 0.29) is 17.5 Å². The van der Waals surface area contributed by atoms with Gasteiger partial charge in [-0.15, -0.1) is 0 Å². The number of nitrogens with one attached hydrogen (secondary N) is 1. The molecule has 1 aromatic heterocycles. The summed E-state index contributed by atoms with van der Waals surface area (Å²) in [6.45, 7) is 0.935. The van der Waals surface area contributed by atoms with Crippen LogP contribution in [-0.4, -0.2) is 23.3 Å². The predicted octanol–water partition coefficient (Wildman–Crippen LogP) is 4.58. The SMILES string of the molecule is O=C(/C=C/c1ccc(OCc2cccnc2)cc1)Nc1ccc(N2CCCC2=O)c(F)c1. The molecule has 1 fully saturated rings. The molecule has 7 heteroatoms. The van der Waals surface area contributed by atoms with Crippen LogP contribution in [0, 0.1) is 5.82 Å². The van der Waals surface area contributed by atoms with Crippen LogP contribution in [0.15, 0.2) is 73.1 Å². The maximum absolute atomic E-state index is 14.4. The van der Waals surface area contributed by atoms with Crippen molar-refractivity contribution in [1.29, 1.82) is 0 Å². The molecule has 0 aliphatic carbocycles. The molecule has 0 radical (unpaired) electrons. The molecule has 162 valence electrons. The van der Waals surface area contributed by atoms with Gasteiger partial charge >= 0.3 is 0 Å². The fourth-order valence-corrected chi connectivity index (χ4v) is 3.39. The van der Waals surface area contributed by atoms with Gasteiger partial charge in [0.1, 0.15) is 18.2 Å². The molecule has 0 bridgehead atoms. The Kier molecular flexibility index (Phi) is 6.55. The molecular weight excluding hydrogens is 409 g/mol. The van der Waals surface area contributed by atoms with Crippen molar-refractivity contribution in [3.8, 4) is 5.75 Å². The van der Waals surface area contributed by atoms with E-state index in [1.165, 1.54) is 23.1 Å². The first-order valence-corrected chi connectivity index (χ1v) is 10.3. The first kappa shape index (κ1) is 21.2. The minimum atomic E-state index is -0.538. The second kappa shape index (κ2) is 9.87. The van der Waals surface area contributed by atoms with Gasteiger partial charge < -0.3 is 15.0 Å². The fourth-order valence-electron chi connectivity index (χ4n) is 3.39. The zero-order valence-corrected chi connectivity index (χ0v) is 17.3. The van der Waals surface area contributed by atoms with Crippen LogP contribution < -0.4 is 15.0 Å². The number of aromatic nitrogens is 1. The Balaban J connectivity index is 1.31. The number of nitrogens with zero attached hydrogens (tertiary/aromatic N) is 2. The maximum atomic E-state index is 14.4. The van der Waals surface area contributed by atoms with Crippen LogP contribution in [0.1, 0.15) is 24.0 Å². The highest BCUT2D eigenvalue weighted by atomic mass is 19.1. The molecule has 2 amide bonds. The standard InChI is InChI=1S/C25H22FN3O3/c26-22-15-20(8-11-23(22)29-14-2-4-25(29)31)28-24(30)12-7-18-5-9-21(10-6-18)32-17-19-3-1-13-27-16-19/h1,3,5-13,15-16H,2,4,14,17H2,(H,28,30)/b12-7+. The lowest BCUT2D eigenvalue weighted by molar-refractivity contribution is -0.117. The van der Waals surface area contributed by atoms with E-state index in [1.807, 2.05) is 36.4 Å². The molecule has 0 spiro atoms. The Morgan fingerprint density at radius 2 is 2.03 bits per heavy atom. The van der Waals surface area contributed by atoms with Crippen LogP contribution in [0.3, 0.4) is 0 Å². The van der Waals surface area contributed by atoms with Gasteiger partial charge in [-0.3, -0.25) is 14.6 Å². The van der Waals surface area contributed by atoms with Crippen molar-refractivity contribution in [3.63, 3.8) is 0 Å². The number of ether oxygens (including phenoxy) is 1. The minimum Gasteiger partial charge on any atom is -0.489 e. The van der Waals surface area contributed by atoms with Crippen molar-refractivity contribution < 1.29 is 18.7 Å². The lowest BCUT2D eigenvalue weighted by atomic mass is 10.2. The zero-order chi connectivity index (χ0) is 22.3. The zero-order valence-electron chi connectivity index (χ0n) is 17.3. The van der Waals surface area contributed by atoms with E-state index in [1.54, 1.807) is 24.5 Å². The third kappa shape index (κ3) is 5.37. The van der Waals surface area contributed by atoms with Gasteiger partial charge in [-0.05, 0) is 54.5 Å². The van der Waals surface area contributed by atoms with Gasteiger partial charge in [-0.2, -0.15) is 0 Å². The maximum Gasteiger partial charge on any atom is 0.248 e. The molecule has 2 heterocycles. The fraction of sp³-hybridized carbons (Fsp3) is 0.160. The molecule has 32 heavy (non-hydrogen) atoms. The number of amides is 2. The summed E-state index contributed by atoms with van der Waals surface area (Å²) in [5.41, 5.74) is 2.37. The van der Waals surface area contributed by atoms with Crippen LogP contribution >= 0.6 is 0 Å². The first-order chi connectivity index (χ1) is 15.6. The highest BCUT2D eigenvalue weighted by molar-refractivity contribution is 6.02. The Bertz CT molecular complexity index is 1130. The number of carbonyl (C=O) groups is 2. The van der Waals surface area contributed by atoms with Gasteiger partial charge in [-0.1, -0.05) is 18.2 Å². The predicted molar refractivity (Wildman–Crippen MR) is 121 cm³/mol. The van der Waals surface area contributed by atoms with Crippen LogP contribution in [-0.2, 0) is 16.2 Å². The summed E-state index contributed by atoms with van der Waals surface area (Å²) in [7, 11) is 0. The second-order valence-corrected chi connectivity index (χ2v) is 7.36. The Labute approximate surface area is 185 Å².